The van der Waals surface area contributed by atoms with E-state index in [1.807, 2.05) is 0 Å². The Kier molecular flexibility index (Phi) is 9.55. The molecule has 1 aliphatic heterocycles. The number of aliphatic hydroxyl groups is 3. The Labute approximate surface area is 191 Å². The van der Waals surface area contributed by atoms with Gasteiger partial charge in [-0.1, -0.05) is 0 Å². The first-order chi connectivity index (χ1) is 15.1. The molecule has 0 aromatic carbocycles. The van der Waals surface area contributed by atoms with Gasteiger partial charge in [0.2, 0.25) is 5.95 Å². The van der Waals surface area contributed by atoms with Gasteiger partial charge in [0.15, 0.2) is 6.29 Å². The molecule has 182 valence electrons. The zero-order valence-corrected chi connectivity index (χ0v) is 19.0. The van der Waals surface area contributed by atoms with Gasteiger partial charge in [0, 0.05) is 30.2 Å². The van der Waals surface area contributed by atoms with Gasteiger partial charge in [-0.05, 0) is 20.8 Å². The van der Waals surface area contributed by atoms with Crippen molar-refractivity contribution in [1.29, 1.82) is 0 Å². The van der Waals surface area contributed by atoms with Crippen LogP contribution in [0.3, 0.4) is 0 Å². The number of ether oxygens (including phenoxy) is 3. The number of aromatic nitrogens is 2. The van der Waals surface area contributed by atoms with Crippen LogP contribution in [0.4, 0.5) is 10.7 Å². The summed E-state index contributed by atoms with van der Waals surface area (Å²) in [4.78, 5) is 20.7. The number of H-pyrrole nitrogens is 1. The number of alkyl halides is 1. The number of halogens is 1. The second kappa shape index (κ2) is 11.7. The Morgan fingerprint density at radius 1 is 1.44 bits per heavy atom. The van der Waals surface area contributed by atoms with E-state index in [0.29, 0.717) is 0 Å². The van der Waals surface area contributed by atoms with Crippen LogP contribution in [-0.2, 0) is 14.2 Å². The first kappa shape index (κ1) is 26.2. The van der Waals surface area contributed by atoms with Crippen molar-refractivity contribution in [3.63, 3.8) is 0 Å². The van der Waals surface area contributed by atoms with E-state index in [4.69, 9.17) is 31.5 Å². The highest BCUT2D eigenvalue weighted by Crippen LogP contribution is 2.22. The van der Waals surface area contributed by atoms with Gasteiger partial charge in [0.05, 0.1) is 19.8 Å². The predicted octanol–water partition coefficient (Wildman–Crippen LogP) is -0.396. The summed E-state index contributed by atoms with van der Waals surface area (Å²) in [7, 11) is 0. The molecule has 13 heteroatoms. The number of carbonyl (C=O) groups excluding carboxylic acids is 1. The first-order valence-electron chi connectivity index (χ1n) is 10.1. The van der Waals surface area contributed by atoms with E-state index in [2.05, 4.69) is 15.3 Å². The molecule has 0 spiro atoms. The van der Waals surface area contributed by atoms with E-state index in [1.54, 1.807) is 27.0 Å². The highest BCUT2D eigenvalue weighted by Gasteiger charge is 2.44. The van der Waals surface area contributed by atoms with Crippen molar-refractivity contribution in [2.75, 3.05) is 30.5 Å². The minimum Gasteiger partial charge on any atom is -0.443 e. The number of nitrogens with zero attached hydrogens (tertiary/aromatic N) is 2. The van der Waals surface area contributed by atoms with Crippen molar-refractivity contribution in [1.82, 2.24) is 15.3 Å². The average molecular weight is 478 g/mol. The number of anilines is 1. The number of carbonyl (C=O) groups is 1. The molecule has 0 saturated carbocycles. The predicted molar refractivity (Wildman–Crippen MR) is 116 cm³/mol. The molecule has 5 atom stereocenters. The van der Waals surface area contributed by atoms with Gasteiger partial charge in [-0.25, -0.2) is 14.7 Å². The fraction of sp³-hybridized carbons (Fsp3) is 0.684. The molecule has 3 unspecified atom stereocenters. The third kappa shape index (κ3) is 7.22. The summed E-state index contributed by atoms with van der Waals surface area (Å²) in [5, 5.41) is 32.9. The van der Waals surface area contributed by atoms with Gasteiger partial charge >= 0.3 is 6.09 Å². The number of nitrogens with two attached hydrogens (primary N) is 1. The minimum atomic E-state index is -1.36. The molecule has 0 aliphatic carbocycles. The summed E-state index contributed by atoms with van der Waals surface area (Å²) in [5.74, 6) is 0.419. The van der Waals surface area contributed by atoms with Crippen molar-refractivity contribution in [3.8, 4) is 0 Å². The fourth-order valence-corrected chi connectivity index (χ4v) is 3.03. The Balaban J connectivity index is 2.13. The SMILES string of the molecule is CC(C)(C)OC(=O)N(C/C(N)=C/NC1C(O)[C@H](O)C(CO)O[C@@H]1OCCCl)c1ncc[nH]1. The van der Waals surface area contributed by atoms with Crippen LogP contribution < -0.4 is 16.0 Å². The molecule has 1 fully saturated rings. The second-order valence-electron chi connectivity index (χ2n) is 8.16. The molecule has 2 rings (SSSR count). The number of aromatic amines is 1. The molecule has 2 heterocycles. The Morgan fingerprint density at radius 2 is 2.16 bits per heavy atom. The van der Waals surface area contributed by atoms with Crippen molar-refractivity contribution < 1.29 is 34.3 Å². The number of imidazole rings is 1. The molecule has 1 saturated heterocycles. The molecule has 1 aromatic heterocycles. The summed E-state index contributed by atoms with van der Waals surface area (Å²) >= 11 is 5.66. The van der Waals surface area contributed by atoms with Gasteiger partial charge in [0.1, 0.15) is 30.0 Å². The summed E-state index contributed by atoms with van der Waals surface area (Å²) < 4.78 is 16.4. The van der Waals surface area contributed by atoms with Gasteiger partial charge in [-0.2, -0.15) is 0 Å². The molecular weight excluding hydrogens is 446 g/mol. The van der Waals surface area contributed by atoms with Crippen LogP contribution in [-0.4, -0.2) is 93.3 Å². The maximum Gasteiger partial charge on any atom is 0.417 e. The molecule has 7 N–H and O–H groups in total. The van der Waals surface area contributed by atoms with E-state index in [1.165, 1.54) is 17.3 Å². The zero-order valence-electron chi connectivity index (χ0n) is 18.3. The lowest BCUT2D eigenvalue weighted by atomic mass is 9.97. The van der Waals surface area contributed by atoms with E-state index >= 15 is 0 Å². The third-order valence-corrected chi connectivity index (χ3v) is 4.55. The maximum absolute atomic E-state index is 12.6. The highest BCUT2D eigenvalue weighted by molar-refractivity contribution is 6.17. The number of rotatable bonds is 9. The summed E-state index contributed by atoms with van der Waals surface area (Å²) in [5.41, 5.74) is 5.56. The second-order valence-corrected chi connectivity index (χ2v) is 8.54. The van der Waals surface area contributed by atoms with Crippen molar-refractivity contribution in [2.45, 2.75) is 57.0 Å². The summed E-state index contributed by atoms with van der Waals surface area (Å²) in [6, 6.07) is -0.923. The molecule has 0 bridgehead atoms. The number of hydrogen-bond acceptors (Lipinski definition) is 10. The highest BCUT2D eigenvalue weighted by atomic mass is 35.5. The molecule has 32 heavy (non-hydrogen) atoms. The standard InChI is InChI=1S/C19H32ClN5O7/c1-19(2,3)32-18(29)25(17-22-5-6-23-17)9-11(21)8-24-13-15(28)14(27)12(10-26)31-16(13)30-7-4-20/h5-6,8,12-16,24,26-28H,4,7,9-10,21H2,1-3H3,(H,22,23)/b11-8-/t12?,13?,14-,15?,16+/m1/s1. The lowest BCUT2D eigenvalue weighted by Gasteiger charge is -2.42. The fourth-order valence-electron chi connectivity index (χ4n) is 2.94. The van der Waals surface area contributed by atoms with E-state index in [9.17, 15) is 20.1 Å². The van der Waals surface area contributed by atoms with Crippen LogP contribution in [0.25, 0.3) is 0 Å². The van der Waals surface area contributed by atoms with Gasteiger partial charge in [-0.15, -0.1) is 11.6 Å². The third-order valence-electron chi connectivity index (χ3n) is 4.40. The normalized spacial score (nSPS) is 26.6. The van der Waals surface area contributed by atoms with Crippen molar-refractivity contribution in [2.24, 2.45) is 5.73 Å². The van der Waals surface area contributed by atoms with Crippen LogP contribution in [0.5, 0.6) is 0 Å². The molecule has 1 aromatic rings. The number of nitrogens with one attached hydrogen (secondary N) is 2. The quantitative estimate of drug-likeness (QED) is 0.257. The van der Waals surface area contributed by atoms with E-state index < -0.39 is 48.9 Å². The average Bonchev–Trinajstić information content (AvgIpc) is 3.25. The molecule has 0 radical (unpaired) electrons. The minimum absolute atomic E-state index is 0.0892. The smallest absolute Gasteiger partial charge is 0.417 e. The van der Waals surface area contributed by atoms with Crippen LogP contribution in [0.15, 0.2) is 24.3 Å². The molecule has 12 nitrogen and oxygen atoms in total. The topological polar surface area (TPSA) is 175 Å². The summed E-state index contributed by atoms with van der Waals surface area (Å²) in [6.07, 6.45) is -0.986. The lowest BCUT2D eigenvalue weighted by Crippen LogP contribution is -2.63. The Hall–Kier alpha value is -2.09. The van der Waals surface area contributed by atoms with Crippen molar-refractivity contribution >= 4 is 23.6 Å². The lowest BCUT2D eigenvalue weighted by molar-refractivity contribution is -0.267. The van der Waals surface area contributed by atoms with Gasteiger partial charge in [0.25, 0.3) is 0 Å². The van der Waals surface area contributed by atoms with Crippen LogP contribution in [0.2, 0.25) is 0 Å². The number of aliphatic hydroxyl groups excluding tert-OH is 3. The maximum atomic E-state index is 12.6. The number of hydrogen-bond donors (Lipinski definition) is 6. The van der Waals surface area contributed by atoms with E-state index in [-0.39, 0.29) is 30.7 Å². The van der Waals surface area contributed by atoms with E-state index in [0.717, 1.165) is 0 Å². The first-order valence-corrected chi connectivity index (χ1v) is 10.6. The Bertz CT molecular complexity index is 743. The van der Waals surface area contributed by atoms with Crippen LogP contribution in [0, 0.1) is 0 Å². The summed E-state index contributed by atoms with van der Waals surface area (Å²) in [6.45, 7) is 4.74. The monoisotopic (exact) mass is 477 g/mol. The Morgan fingerprint density at radius 3 is 2.72 bits per heavy atom. The van der Waals surface area contributed by atoms with Gasteiger partial charge in [-0.3, -0.25) is 0 Å². The zero-order chi connectivity index (χ0) is 23.9. The van der Waals surface area contributed by atoms with Crippen LogP contribution in [0.1, 0.15) is 20.8 Å². The van der Waals surface area contributed by atoms with Gasteiger partial charge < -0.3 is 45.6 Å². The molecule has 1 aliphatic rings. The molecular formula is C19H32ClN5O7. The van der Waals surface area contributed by atoms with Crippen LogP contribution >= 0.6 is 11.6 Å². The molecule has 1 amide bonds. The largest absolute Gasteiger partial charge is 0.443 e. The number of amides is 1. The van der Waals surface area contributed by atoms with Crippen molar-refractivity contribution in [3.05, 3.63) is 24.3 Å².